The van der Waals surface area contributed by atoms with Gasteiger partial charge in [-0.25, -0.2) is 0 Å². The van der Waals surface area contributed by atoms with Gasteiger partial charge in [-0.3, -0.25) is 19.9 Å². The van der Waals surface area contributed by atoms with Gasteiger partial charge in [-0.05, 0) is 40.1 Å². The standard InChI is InChI=1S/C19H33N5O4S/c1-5-23(6-2)19(25)9-10-20-18(14-24(26)27)21-11-12-29-15-17-8-7-16(28-17)13-22(3)4/h7-8H,5-6,9-15H2,1-4H3,(H,20,21). The monoisotopic (exact) mass is 427 g/mol. The van der Waals surface area contributed by atoms with Gasteiger partial charge in [0.2, 0.25) is 5.91 Å². The number of thioether (sulfide) groups is 1. The second kappa shape index (κ2) is 14.0. The maximum Gasteiger partial charge on any atom is 0.259 e. The smallest absolute Gasteiger partial charge is 0.259 e. The van der Waals surface area contributed by atoms with Gasteiger partial charge in [-0.15, -0.1) is 0 Å². The van der Waals surface area contributed by atoms with Crippen LogP contribution in [-0.4, -0.2) is 79.0 Å². The van der Waals surface area contributed by atoms with Crippen LogP contribution in [0.5, 0.6) is 0 Å². The lowest BCUT2D eigenvalue weighted by Crippen LogP contribution is -2.36. The van der Waals surface area contributed by atoms with Crippen molar-refractivity contribution in [1.29, 1.82) is 0 Å². The molecule has 1 amide bonds. The van der Waals surface area contributed by atoms with E-state index >= 15 is 0 Å². The summed E-state index contributed by atoms with van der Waals surface area (Å²) in [6.45, 7) is 6.39. The summed E-state index contributed by atoms with van der Waals surface area (Å²) in [5.41, 5.74) is 0. The number of hydrogen-bond acceptors (Lipinski definition) is 7. The summed E-state index contributed by atoms with van der Waals surface area (Å²) < 4.78 is 5.75. The highest BCUT2D eigenvalue weighted by atomic mass is 32.2. The fraction of sp³-hybridized carbons (Fsp3) is 0.684. The highest BCUT2D eigenvalue weighted by Gasteiger charge is 2.11. The Labute approximate surface area is 177 Å². The molecule has 0 aliphatic rings. The van der Waals surface area contributed by atoms with Crippen molar-refractivity contribution in [2.45, 2.75) is 32.6 Å². The van der Waals surface area contributed by atoms with Crippen molar-refractivity contribution in [2.24, 2.45) is 4.99 Å². The van der Waals surface area contributed by atoms with Crippen molar-refractivity contribution >= 4 is 23.5 Å². The van der Waals surface area contributed by atoms with Gasteiger partial charge in [0.1, 0.15) is 11.5 Å². The number of nitrogens with one attached hydrogen (secondary N) is 1. The van der Waals surface area contributed by atoms with Crippen LogP contribution in [-0.2, 0) is 17.1 Å². The highest BCUT2D eigenvalue weighted by Crippen LogP contribution is 2.16. The molecular formula is C19H33N5O4S. The third-order valence-corrected chi connectivity index (χ3v) is 4.99. The molecule has 164 valence electrons. The van der Waals surface area contributed by atoms with Crippen molar-refractivity contribution in [3.63, 3.8) is 0 Å². The molecular weight excluding hydrogens is 394 g/mol. The molecule has 0 aliphatic carbocycles. The molecule has 10 heteroatoms. The van der Waals surface area contributed by atoms with Gasteiger partial charge < -0.3 is 19.5 Å². The molecule has 0 spiro atoms. The Kier molecular flexibility index (Phi) is 12.1. The predicted molar refractivity (Wildman–Crippen MR) is 117 cm³/mol. The summed E-state index contributed by atoms with van der Waals surface area (Å²) in [5, 5.41) is 13.8. The molecule has 1 aromatic heterocycles. The molecule has 1 heterocycles. The van der Waals surface area contributed by atoms with Crippen LogP contribution in [0.3, 0.4) is 0 Å². The number of nitro groups is 1. The Balaban J connectivity index is 2.37. The number of carbonyl (C=O) groups is 1. The number of amides is 1. The van der Waals surface area contributed by atoms with Gasteiger partial charge in [0.05, 0.1) is 18.8 Å². The van der Waals surface area contributed by atoms with Crippen molar-refractivity contribution in [3.8, 4) is 0 Å². The molecule has 0 aliphatic heterocycles. The van der Waals surface area contributed by atoms with Crippen LogP contribution in [0.2, 0.25) is 0 Å². The first-order valence-electron chi connectivity index (χ1n) is 9.82. The van der Waals surface area contributed by atoms with Gasteiger partial charge in [-0.2, -0.15) is 11.8 Å². The quantitative estimate of drug-likeness (QED) is 0.159. The molecule has 1 aromatic rings. The summed E-state index contributed by atoms with van der Waals surface area (Å²) >= 11 is 1.67. The number of aliphatic imine (C=N–C) groups is 1. The van der Waals surface area contributed by atoms with E-state index in [1.807, 2.05) is 45.0 Å². The van der Waals surface area contributed by atoms with Crippen LogP contribution in [0.4, 0.5) is 0 Å². The SMILES string of the molecule is CCN(CC)C(=O)CCNC(C[N+](=O)[O-])=NCCSCc1ccc(CN(C)C)o1. The van der Waals surface area contributed by atoms with Crippen LogP contribution in [0, 0.1) is 10.1 Å². The summed E-state index contributed by atoms with van der Waals surface area (Å²) in [6.07, 6.45) is 0.293. The molecule has 0 saturated carbocycles. The van der Waals surface area contributed by atoms with Crippen molar-refractivity contribution in [1.82, 2.24) is 15.1 Å². The molecule has 29 heavy (non-hydrogen) atoms. The Morgan fingerprint density at radius 1 is 1.28 bits per heavy atom. The average Bonchev–Trinajstić information content (AvgIpc) is 3.08. The first-order chi connectivity index (χ1) is 13.8. The number of amidine groups is 1. The van der Waals surface area contributed by atoms with E-state index in [4.69, 9.17) is 4.42 Å². The van der Waals surface area contributed by atoms with E-state index in [-0.39, 0.29) is 12.5 Å². The first-order valence-corrected chi connectivity index (χ1v) is 11.0. The average molecular weight is 428 g/mol. The highest BCUT2D eigenvalue weighted by molar-refractivity contribution is 7.98. The molecule has 1 rings (SSSR count). The Hall–Kier alpha value is -2.07. The van der Waals surface area contributed by atoms with E-state index < -0.39 is 4.92 Å². The number of rotatable bonds is 14. The molecule has 0 aromatic carbocycles. The lowest BCUT2D eigenvalue weighted by Gasteiger charge is -2.18. The maximum absolute atomic E-state index is 12.0. The minimum Gasteiger partial charge on any atom is -0.464 e. The molecule has 0 saturated heterocycles. The summed E-state index contributed by atoms with van der Waals surface area (Å²) in [7, 11) is 3.98. The third-order valence-electron chi connectivity index (χ3n) is 4.03. The zero-order valence-electron chi connectivity index (χ0n) is 17.8. The molecule has 0 atom stereocenters. The number of hydrogen-bond donors (Lipinski definition) is 1. The number of nitrogens with zero attached hydrogens (tertiary/aromatic N) is 4. The van der Waals surface area contributed by atoms with Crippen molar-refractivity contribution in [2.75, 3.05) is 52.6 Å². The largest absolute Gasteiger partial charge is 0.464 e. The van der Waals surface area contributed by atoms with Gasteiger partial charge in [0.25, 0.3) is 6.54 Å². The molecule has 0 fully saturated rings. The van der Waals surface area contributed by atoms with E-state index in [1.165, 1.54) is 0 Å². The van der Waals surface area contributed by atoms with E-state index in [9.17, 15) is 14.9 Å². The maximum atomic E-state index is 12.0. The molecule has 0 unspecified atom stereocenters. The van der Waals surface area contributed by atoms with E-state index in [0.29, 0.717) is 38.4 Å². The Morgan fingerprint density at radius 2 is 1.97 bits per heavy atom. The summed E-state index contributed by atoms with van der Waals surface area (Å²) in [5.74, 6) is 3.65. The zero-order valence-corrected chi connectivity index (χ0v) is 18.7. The third kappa shape index (κ3) is 10.9. The van der Waals surface area contributed by atoms with Crippen molar-refractivity contribution in [3.05, 3.63) is 33.8 Å². The van der Waals surface area contributed by atoms with E-state index in [0.717, 1.165) is 29.6 Å². The fourth-order valence-electron chi connectivity index (χ4n) is 2.65. The van der Waals surface area contributed by atoms with Crippen LogP contribution in [0.1, 0.15) is 31.8 Å². The van der Waals surface area contributed by atoms with Crippen LogP contribution in [0.15, 0.2) is 21.5 Å². The number of furan rings is 1. The fourth-order valence-corrected chi connectivity index (χ4v) is 3.37. The van der Waals surface area contributed by atoms with Crippen molar-refractivity contribution < 1.29 is 14.1 Å². The first kappa shape index (κ1) is 25.0. The van der Waals surface area contributed by atoms with Gasteiger partial charge in [0.15, 0.2) is 5.84 Å². The lowest BCUT2D eigenvalue weighted by atomic mass is 10.3. The van der Waals surface area contributed by atoms with Gasteiger partial charge >= 0.3 is 0 Å². The molecule has 1 N–H and O–H groups in total. The Bertz CT molecular complexity index is 659. The van der Waals surface area contributed by atoms with E-state index in [1.54, 1.807) is 16.7 Å². The molecule has 0 radical (unpaired) electrons. The van der Waals surface area contributed by atoms with Crippen LogP contribution < -0.4 is 5.32 Å². The minimum atomic E-state index is -0.416. The minimum absolute atomic E-state index is 0.0330. The topological polar surface area (TPSA) is 104 Å². The van der Waals surface area contributed by atoms with Crippen LogP contribution >= 0.6 is 11.8 Å². The lowest BCUT2D eigenvalue weighted by molar-refractivity contribution is -0.463. The van der Waals surface area contributed by atoms with Crippen LogP contribution in [0.25, 0.3) is 0 Å². The predicted octanol–water partition coefficient (Wildman–Crippen LogP) is 2.10. The van der Waals surface area contributed by atoms with E-state index in [2.05, 4.69) is 10.3 Å². The molecule has 9 nitrogen and oxygen atoms in total. The second-order valence-electron chi connectivity index (χ2n) is 6.72. The Morgan fingerprint density at radius 3 is 2.59 bits per heavy atom. The second-order valence-corrected chi connectivity index (χ2v) is 7.83. The zero-order chi connectivity index (χ0) is 21.6. The summed E-state index contributed by atoms with van der Waals surface area (Å²) in [6, 6.07) is 3.95. The van der Waals surface area contributed by atoms with Gasteiger partial charge in [0, 0.05) is 36.7 Å². The normalized spacial score (nSPS) is 11.7. The molecule has 0 bridgehead atoms. The van der Waals surface area contributed by atoms with Gasteiger partial charge in [-0.1, -0.05) is 0 Å². The summed E-state index contributed by atoms with van der Waals surface area (Å²) in [4.78, 5) is 30.5. The number of carbonyl (C=O) groups excluding carboxylic acids is 1.